The molecule has 1 aliphatic rings. The number of sulfone groups is 1. The lowest BCUT2D eigenvalue weighted by Gasteiger charge is -2.12. The Morgan fingerprint density at radius 3 is 2.45 bits per heavy atom. The summed E-state index contributed by atoms with van der Waals surface area (Å²) < 4.78 is 22.0. The largest absolute Gasteiger partial charge is 0.391 e. The zero-order valence-electron chi connectivity index (χ0n) is 6.23. The van der Waals surface area contributed by atoms with Gasteiger partial charge in [-0.2, -0.15) is 0 Å². The van der Waals surface area contributed by atoms with Crippen molar-refractivity contribution in [1.82, 2.24) is 0 Å². The van der Waals surface area contributed by atoms with Gasteiger partial charge in [0.05, 0.1) is 17.6 Å². The van der Waals surface area contributed by atoms with Gasteiger partial charge in [-0.05, 0) is 12.8 Å². The van der Waals surface area contributed by atoms with Crippen LogP contribution in [0.15, 0.2) is 0 Å². The van der Waals surface area contributed by atoms with Crippen LogP contribution in [-0.4, -0.2) is 37.2 Å². The predicted molar refractivity (Wildman–Crippen MR) is 41.9 cm³/mol. The first-order valence-electron chi connectivity index (χ1n) is 3.65. The molecule has 0 aromatic heterocycles. The van der Waals surface area contributed by atoms with Gasteiger partial charge in [0.25, 0.3) is 0 Å². The van der Waals surface area contributed by atoms with E-state index in [9.17, 15) is 13.5 Å². The van der Waals surface area contributed by atoms with E-state index in [1.807, 2.05) is 0 Å². The zero-order valence-corrected chi connectivity index (χ0v) is 7.05. The summed E-state index contributed by atoms with van der Waals surface area (Å²) in [7, 11) is -2.93. The van der Waals surface area contributed by atoms with Crippen molar-refractivity contribution in [3.8, 4) is 0 Å². The van der Waals surface area contributed by atoms with E-state index >= 15 is 0 Å². The summed E-state index contributed by atoms with van der Waals surface area (Å²) in [4.78, 5) is 0. The zero-order chi connectivity index (χ0) is 8.48. The van der Waals surface area contributed by atoms with Crippen molar-refractivity contribution in [3.05, 3.63) is 0 Å². The van der Waals surface area contributed by atoms with E-state index in [0.717, 1.165) is 0 Å². The van der Waals surface area contributed by atoms with Crippen molar-refractivity contribution in [2.45, 2.75) is 25.0 Å². The van der Waals surface area contributed by atoms with Crippen LogP contribution in [0.5, 0.6) is 0 Å². The normalized spacial score (nSPS) is 38.0. The second-order valence-electron chi connectivity index (χ2n) is 2.96. The van der Waals surface area contributed by atoms with Crippen LogP contribution in [0.4, 0.5) is 0 Å². The molecule has 0 radical (unpaired) electrons. The molecular formula is C6H13NO3S. The Balaban J connectivity index is 2.66. The van der Waals surface area contributed by atoms with Crippen LogP contribution in [0.25, 0.3) is 0 Å². The lowest BCUT2D eigenvalue weighted by Crippen LogP contribution is -2.34. The Hall–Kier alpha value is -0.130. The second-order valence-corrected chi connectivity index (χ2v) is 5.26. The third-order valence-corrected chi connectivity index (χ3v) is 3.70. The molecule has 11 heavy (non-hydrogen) atoms. The summed E-state index contributed by atoms with van der Waals surface area (Å²) in [5.74, 6) is 0.188. The fourth-order valence-electron chi connectivity index (χ4n) is 1.12. The molecule has 4 nitrogen and oxygen atoms in total. The summed E-state index contributed by atoms with van der Waals surface area (Å²) in [6.07, 6.45) is 0.0137. The Labute approximate surface area is 66.3 Å². The van der Waals surface area contributed by atoms with Crippen LogP contribution in [0.2, 0.25) is 0 Å². The molecule has 1 fully saturated rings. The number of nitrogens with two attached hydrogens (primary N) is 1. The standard InChI is InChI=1S/C6H13NO3S/c7-5-1-3-11(9,10)4-2-6(5)8/h5-6,8H,1-4,7H2/t5-,6-/m0/s1. The summed E-state index contributed by atoms with van der Waals surface area (Å²) >= 11 is 0. The van der Waals surface area contributed by atoms with E-state index in [1.165, 1.54) is 0 Å². The van der Waals surface area contributed by atoms with E-state index in [0.29, 0.717) is 6.42 Å². The van der Waals surface area contributed by atoms with E-state index < -0.39 is 15.9 Å². The molecule has 5 heteroatoms. The Morgan fingerprint density at radius 1 is 1.27 bits per heavy atom. The van der Waals surface area contributed by atoms with Gasteiger partial charge < -0.3 is 10.8 Å². The summed E-state index contributed by atoms with van der Waals surface area (Å²) in [5, 5.41) is 9.20. The minimum Gasteiger partial charge on any atom is -0.391 e. The van der Waals surface area contributed by atoms with Crippen LogP contribution in [0.1, 0.15) is 12.8 Å². The van der Waals surface area contributed by atoms with Crippen molar-refractivity contribution in [2.24, 2.45) is 5.73 Å². The number of aliphatic hydroxyl groups is 1. The molecule has 0 amide bonds. The van der Waals surface area contributed by atoms with Crippen molar-refractivity contribution >= 4 is 9.84 Å². The molecule has 0 saturated carbocycles. The molecule has 0 aliphatic carbocycles. The average Bonchev–Trinajstić information content (AvgIpc) is 2.03. The van der Waals surface area contributed by atoms with Gasteiger partial charge in [-0.25, -0.2) is 8.42 Å². The quantitative estimate of drug-likeness (QED) is 0.494. The fraction of sp³-hybridized carbons (Fsp3) is 1.00. The van der Waals surface area contributed by atoms with Crippen LogP contribution in [-0.2, 0) is 9.84 Å². The van der Waals surface area contributed by atoms with E-state index in [-0.39, 0.29) is 24.0 Å². The smallest absolute Gasteiger partial charge is 0.150 e. The highest BCUT2D eigenvalue weighted by molar-refractivity contribution is 7.91. The highest BCUT2D eigenvalue weighted by Gasteiger charge is 2.24. The topological polar surface area (TPSA) is 80.4 Å². The van der Waals surface area contributed by atoms with Crippen LogP contribution in [0, 0.1) is 0 Å². The third kappa shape index (κ3) is 2.43. The Bertz CT molecular complexity index is 206. The molecule has 3 N–H and O–H groups in total. The van der Waals surface area contributed by atoms with Gasteiger partial charge in [-0.15, -0.1) is 0 Å². The summed E-state index contributed by atoms with van der Waals surface area (Å²) in [6.45, 7) is 0. The summed E-state index contributed by atoms with van der Waals surface area (Å²) in [6, 6.07) is -0.368. The maximum Gasteiger partial charge on any atom is 0.150 e. The third-order valence-electron chi connectivity index (χ3n) is 1.98. The van der Waals surface area contributed by atoms with Crippen LogP contribution in [0.3, 0.4) is 0 Å². The monoisotopic (exact) mass is 179 g/mol. The van der Waals surface area contributed by atoms with Crippen LogP contribution >= 0.6 is 0 Å². The number of hydrogen-bond donors (Lipinski definition) is 2. The van der Waals surface area contributed by atoms with Gasteiger partial charge in [-0.3, -0.25) is 0 Å². The number of rotatable bonds is 0. The van der Waals surface area contributed by atoms with E-state index in [4.69, 9.17) is 5.73 Å². The van der Waals surface area contributed by atoms with E-state index in [2.05, 4.69) is 0 Å². The molecule has 0 bridgehead atoms. The van der Waals surface area contributed by atoms with Crippen molar-refractivity contribution in [2.75, 3.05) is 11.5 Å². The fourth-order valence-corrected chi connectivity index (χ4v) is 2.56. The molecule has 0 aromatic carbocycles. The number of aliphatic hydroxyl groups excluding tert-OH is 1. The highest BCUT2D eigenvalue weighted by Crippen LogP contribution is 2.11. The maximum atomic E-state index is 11.0. The minimum atomic E-state index is -2.93. The van der Waals surface area contributed by atoms with Gasteiger partial charge >= 0.3 is 0 Å². The molecule has 0 unspecified atom stereocenters. The molecule has 0 spiro atoms. The van der Waals surface area contributed by atoms with Gasteiger partial charge in [0, 0.05) is 6.04 Å². The molecular weight excluding hydrogens is 166 g/mol. The first-order chi connectivity index (χ1) is 5.01. The lowest BCUT2D eigenvalue weighted by molar-refractivity contribution is 0.142. The molecule has 1 aliphatic heterocycles. The Morgan fingerprint density at radius 2 is 1.82 bits per heavy atom. The first kappa shape index (κ1) is 8.96. The van der Waals surface area contributed by atoms with Gasteiger partial charge in [0.15, 0.2) is 0 Å². The molecule has 66 valence electrons. The van der Waals surface area contributed by atoms with Crippen molar-refractivity contribution in [1.29, 1.82) is 0 Å². The molecule has 0 aromatic rings. The first-order valence-corrected chi connectivity index (χ1v) is 5.47. The summed E-state index contributed by atoms with van der Waals surface area (Å²) in [5.41, 5.74) is 5.48. The van der Waals surface area contributed by atoms with Gasteiger partial charge in [0.2, 0.25) is 0 Å². The highest BCUT2D eigenvalue weighted by atomic mass is 32.2. The number of hydrogen-bond acceptors (Lipinski definition) is 4. The molecule has 1 saturated heterocycles. The molecule has 2 atom stereocenters. The minimum absolute atomic E-state index is 0.0713. The second kappa shape index (κ2) is 3.08. The lowest BCUT2D eigenvalue weighted by atomic mass is 10.1. The SMILES string of the molecule is N[C@H]1CCS(=O)(=O)CC[C@@H]1O. The predicted octanol–water partition coefficient (Wildman–Crippen LogP) is -1.12. The van der Waals surface area contributed by atoms with Gasteiger partial charge in [0.1, 0.15) is 9.84 Å². The Kier molecular flexibility index (Phi) is 2.51. The van der Waals surface area contributed by atoms with Crippen molar-refractivity contribution in [3.63, 3.8) is 0 Å². The average molecular weight is 179 g/mol. The van der Waals surface area contributed by atoms with Gasteiger partial charge in [-0.1, -0.05) is 0 Å². The van der Waals surface area contributed by atoms with Crippen molar-refractivity contribution < 1.29 is 13.5 Å². The van der Waals surface area contributed by atoms with E-state index in [1.54, 1.807) is 0 Å². The molecule has 1 heterocycles. The van der Waals surface area contributed by atoms with Crippen LogP contribution < -0.4 is 5.73 Å². The maximum absolute atomic E-state index is 11.0. The molecule has 1 rings (SSSR count).